The van der Waals surface area contributed by atoms with Crippen molar-refractivity contribution in [2.45, 2.75) is 4.90 Å². The number of sulfonamides is 1. The summed E-state index contributed by atoms with van der Waals surface area (Å²) < 4.78 is 43.2. The van der Waals surface area contributed by atoms with E-state index in [0.717, 1.165) is 6.07 Å². The van der Waals surface area contributed by atoms with Crippen LogP contribution in [0, 0.1) is 0 Å². The first-order chi connectivity index (χ1) is 16.2. The van der Waals surface area contributed by atoms with Gasteiger partial charge in [0.25, 0.3) is 15.9 Å². The second kappa shape index (κ2) is 9.80. The number of ether oxygens (including phenoxy) is 3. The summed E-state index contributed by atoms with van der Waals surface area (Å²) in [5.41, 5.74) is 0.491. The Bertz CT molecular complexity index is 1360. The molecule has 0 atom stereocenters. The lowest BCUT2D eigenvalue weighted by Gasteiger charge is -2.11. The van der Waals surface area contributed by atoms with Crippen molar-refractivity contribution in [2.75, 3.05) is 23.4 Å². The minimum Gasteiger partial charge on any atom is -0.454 e. The number of rotatable bonds is 7. The second-order valence-electron chi connectivity index (χ2n) is 6.95. The van der Waals surface area contributed by atoms with Crippen LogP contribution in [0.25, 0.3) is 0 Å². The van der Waals surface area contributed by atoms with Crippen LogP contribution in [0.5, 0.6) is 11.5 Å². The van der Waals surface area contributed by atoms with E-state index in [1.165, 1.54) is 36.4 Å². The van der Waals surface area contributed by atoms with Crippen molar-refractivity contribution >= 4 is 56.5 Å². The number of anilines is 2. The molecular formula is C22H16Cl2N2O7S. The number of nitrogens with one attached hydrogen (secondary N) is 2. The molecule has 9 nitrogen and oxygen atoms in total. The third kappa shape index (κ3) is 5.53. The molecule has 12 heteroatoms. The van der Waals surface area contributed by atoms with Crippen molar-refractivity contribution in [3.8, 4) is 11.5 Å². The van der Waals surface area contributed by atoms with Crippen LogP contribution in [0.1, 0.15) is 10.4 Å². The minimum absolute atomic E-state index is 0.0355. The molecule has 1 aliphatic rings. The van der Waals surface area contributed by atoms with E-state index in [4.69, 9.17) is 37.4 Å². The number of esters is 1. The summed E-state index contributed by atoms with van der Waals surface area (Å²) in [4.78, 5) is 24.5. The Kier molecular flexibility index (Phi) is 6.82. The van der Waals surface area contributed by atoms with Crippen LogP contribution >= 0.6 is 23.2 Å². The fourth-order valence-corrected chi connectivity index (χ4v) is 4.35. The zero-order valence-corrected chi connectivity index (χ0v) is 19.5. The Hall–Kier alpha value is -3.47. The van der Waals surface area contributed by atoms with Crippen LogP contribution in [0.3, 0.4) is 0 Å². The SMILES string of the molecule is O=C(COC(=O)c1cc(S(=O)(=O)Nc2ccc(Cl)cc2)ccc1Cl)Nc1ccc2c(c1)OCO2. The second-order valence-corrected chi connectivity index (χ2v) is 9.47. The van der Waals surface area contributed by atoms with Crippen molar-refractivity contribution in [3.05, 3.63) is 76.3 Å². The Morgan fingerprint density at radius 1 is 0.912 bits per heavy atom. The highest BCUT2D eigenvalue weighted by atomic mass is 35.5. The minimum atomic E-state index is -4.04. The molecule has 0 fully saturated rings. The van der Waals surface area contributed by atoms with Gasteiger partial charge in [0.2, 0.25) is 6.79 Å². The highest BCUT2D eigenvalue weighted by Crippen LogP contribution is 2.34. The zero-order valence-electron chi connectivity index (χ0n) is 17.2. The fourth-order valence-electron chi connectivity index (χ4n) is 2.94. The third-order valence-corrected chi connectivity index (χ3v) is 6.52. The Morgan fingerprint density at radius 3 is 2.38 bits per heavy atom. The Balaban J connectivity index is 1.41. The quantitative estimate of drug-likeness (QED) is 0.443. The maximum atomic E-state index is 12.7. The van der Waals surface area contributed by atoms with Crippen LogP contribution in [-0.4, -0.2) is 33.7 Å². The predicted molar refractivity (Wildman–Crippen MR) is 125 cm³/mol. The molecule has 0 spiro atoms. The zero-order chi connectivity index (χ0) is 24.3. The summed E-state index contributed by atoms with van der Waals surface area (Å²) in [6.45, 7) is -0.529. The predicted octanol–water partition coefficient (Wildman–Crippen LogP) is 4.32. The monoisotopic (exact) mass is 522 g/mol. The number of amides is 1. The smallest absolute Gasteiger partial charge is 0.340 e. The molecule has 3 aromatic carbocycles. The van der Waals surface area contributed by atoms with Crippen LogP contribution in [0.2, 0.25) is 10.0 Å². The molecule has 0 bridgehead atoms. The van der Waals surface area contributed by atoms with E-state index in [1.807, 2.05) is 0 Å². The standard InChI is InChI=1S/C22H16Cl2N2O7S/c23-13-1-3-14(4-2-13)26-34(29,30)16-6-7-18(24)17(10-16)22(28)31-11-21(27)25-15-5-8-19-20(9-15)33-12-32-19/h1-10,26H,11-12H2,(H,25,27). The van der Waals surface area contributed by atoms with Gasteiger partial charge in [-0.25, -0.2) is 13.2 Å². The number of halogens is 2. The molecule has 2 N–H and O–H groups in total. The first kappa shape index (κ1) is 23.7. The molecule has 0 aliphatic carbocycles. The topological polar surface area (TPSA) is 120 Å². The number of carbonyl (C=O) groups is 2. The molecule has 0 unspecified atom stereocenters. The van der Waals surface area contributed by atoms with Gasteiger partial charge < -0.3 is 19.5 Å². The average Bonchev–Trinajstić information content (AvgIpc) is 3.27. The molecule has 176 valence electrons. The van der Waals surface area contributed by atoms with Crippen molar-refractivity contribution < 1.29 is 32.2 Å². The lowest BCUT2D eigenvalue weighted by Crippen LogP contribution is -2.21. The lowest BCUT2D eigenvalue weighted by atomic mass is 10.2. The van der Waals surface area contributed by atoms with Gasteiger partial charge in [-0.05, 0) is 54.6 Å². The van der Waals surface area contributed by atoms with Gasteiger partial charge >= 0.3 is 5.97 Å². The highest BCUT2D eigenvalue weighted by Gasteiger charge is 2.21. The summed E-state index contributed by atoms with van der Waals surface area (Å²) in [7, 11) is -4.04. The molecule has 1 amide bonds. The molecule has 0 radical (unpaired) electrons. The van der Waals surface area contributed by atoms with Crippen molar-refractivity contribution in [1.29, 1.82) is 0 Å². The maximum Gasteiger partial charge on any atom is 0.340 e. The largest absolute Gasteiger partial charge is 0.454 e. The summed E-state index contributed by atoms with van der Waals surface area (Å²) >= 11 is 11.9. The molecule has 1 aliphatic heterocycles. The summed E-state index contributed by atoms with van der Waals surface area (Å²) in [5, 5.41) is 2.97. The van der Waals surface area contributed by atoms with Crippen LogP contribution in [0.15, 0.2) is 65.6 Å². The van der Waals surface area contributed by atoms with Crippen molar-refractivity contribution in [3.63, 3.8) is 0 Å². The first-order valence-corrected chi connectivity index (χ1v) is 11.9. The van der Waals surface area contributed by atoms with Crippen molar-refractivity contribution in [1.82, 2.24) is 0 Å². The average molecular weight is 523 g/mol. The lowest BCUT2D eigenvalue weighted by molar-refractivity contribution is -0.119. The molecule has 3 aromatic rings. The van der Waals surface area contributed by atoms with E-state index >= 15 is 0 Å². The fraction of sp³-hybridized carbons (Fsp3) is 0.0909. The van der Waals surface area contributed by atoms with Gasteiger partial charge in [0.1, 0.15) is 0 Å². The van der Waals surface area contributed by atoms with Crippen LogP contribution in [-0.2, 0) is 19.6 Å². The third-order valence-electron chi connectivity index (χ3n) is 4.56. The molecule has 0 saturated heterocycles. The normalized spacial score (nSPS) is 12.2. The van der Waals surface area contributed by atoms with Gasteiger partial charge in [-0.15, -0.1) is 0 Å². The molecule has 1 heterocycles. The summed E-state index contributed by atoms with van der Waals surface area (Å²) in [6, 6.07) is 14.4. The van der Waals surface area contributed by atoms with E-state index in [0.29, 0.717) is 22.2 Å². The van der Waals surface area contributed by atoms with Gasteiger partial charge in [0, 0.05) is 22.5 Å². The maximum absolute atomic E-state index is 12.7. The number of hydrogen-bond donors (Lipinski definition) is 2. The van der Waals surface area contributed by atoms with Crippen molar-refractivity contribution in [2.24, 2.45) is 0 Å². The van der Waals surface area contributed by atoms with Crippen LogP contribution in [0.4, 0.5) is 11.4 Å². The van der Waals surface area contributed by atoms with E-state index in [9.17, 15) is 18.0 Å². The van der Waals surface area contributed by atoms with E-state index in [2.05, 4.69) is 10.0 Å². The van der Waals surface area contributed by atoms with Gasteiger partial charge in [0.05, 0.1) is 15.5 Å². The molecule has 4 rings (SSSR count). The summed E-state index contributed by atoms with van der Waals surface area (Å²) in [6.07, 6.45) is 0. The molecule has 0 saturated carbocycles. The van der Waals surface area contributed by atoms with E-state index < -0.39 is 28.5 Å². The first-order valence-electron chi connectivity index (χ1n) is 9.66. The molecule has 0 aromatic heterocycles. The Labute approximate surface area is 204 Å². The number of carbonyl (C=O) groups excluding carboxylic acids is 2. The summed E-state index contributed by atoms with van der Waals surface area (Å²) in [5.74, 6) is -0.544. The van der Waals surface area contributed by atoms with Gasteiger partial charge in [-0.3, -0.25) is 9.52 Å². The number of benzene rings is 3. The molecule has 34 heavy (non-hydrogen) atoms. The van der Waals surface area contributed by atoms with E-state index in [1.54, 1.807) is 18.2 Å². The van der Waals surface area contributed by atoms with Gasteiger partial charge in [-0.2, -0.15) is 0 Å². The Morgan fingerprint density at radius 2 is 1.62 bits per heavy atom. The molecular weight excluding hydrogens is 507 g/mol. The van der Waals surface area contributed by atoms with Crippen LogP contribution < -0.4 is 19.5 Å². The number of hydrogen-bond acceptors (Lipinski definition) is 7. The number of fused-ring (bicyclic) bond motifs is 1. The van der Waals surface area contributed by atoms with Gasteiger partial charge in [0.15, 0.2) is 18.1 Å². The van der Waals surface area contributed by atoms with Gasteiger partial charge in [-0.1, -0.05) is 23.2 Å². The van der Waals surface area contributed by atoms with E-state index in [-0.39, 0.29) is 28.0 Å². The highest BCUT2D eigenvalue weighted by molar-refractivity contribution is 7.92.